The van der Waals surface area contributed by atoms with Crippen LogP contribution in [0.4, 0.5) is 0 Å². The number of carbonyl (C=O) groups is 1. The second-order valence-electron chi connectivity index (χ2n) is 3.73. The summed E-state index contributed by atoms with van der Waals surface area (Å²) >= 11 is 0. The van der Waals surface area contributed by atoms with Crippen LogP contribution in [0.3, 0.4) is 0 Å². The molecule has 4 nitrogen and oxygen atoms in total. The van der Waals surface area contributed by atoms with Crippen LogP contribution in [-0.4, -0.2) is 49.7 Å². The van der Waals surface area contributed by atoms with E-state index in [2.05, 4.69) is 10.2 Å². The molecule has 0 amide bonds. The maximum atomic E-state index is 11.4. The number of carbonyl (C=O) groups excluding carboxylic acids is 1. The monoisotopic (exact) mass is 184 g/mol. The molecule has 0 aromatic heterocycles. The van der Waals surface area contributed by atoms with Gasteiger partial charge in [-0.2, -0.15) is 0 Å². The van der Waals surface area contributed by atoms with Crippen molar-refractivity contribution in [3.63, 3.8) is 0 Å². The van der Waals surface area contributed by atoms with Crippen LogP contribution in [0.15, 0.2) is 0 Å². The fourth-order valence-corrected chi connectivity index (χ4v) is 2.12. The van der Waals surface area contributed by atoms with Crippen LogP contribution in [0.2, 0.25) is 0 Å². The van der Waals surface area contributed by atoms with Gasteiger partial charge in [0.05, 0.1) is 7.11 Å². The van der Waals surface area contributed by atoms with Gasteiger partial charge in [0.25, 0.3) is 0 Å². The molecule has 0 saturated carbocycles. The lowest BCUT2D eigenvalue weighted by Gasteiger charge is -2.38. The van der Waals surface area contributed by atoms with Gasteiger partial charge in [0, 0.05) is 19.1 Å². The maximum absolute atomic E-state index is 11.4. The minimum Gasteiger partial charge on any atom is -0.468 e. The molecule has 0 spiro atoms. The Balaban J connectivity index is 1.96. The van der Waals surface area contributed by atoms with Gasteiger partial charge in [-0.1, -0.05) is 0 Å². The number of hydrogen-bond acceptors (Lipinski definition) is 4. The Labute approximate surface area is 78.2 Å². The van der Waals surface area contributed by atoms with Crippen molar-refractivity contribution in [1.29, 1.82) is 0 Å². The van der Waals surface area contributed by atoms with Crippen molar-refractivity contribution in [1.82, 2.24) is 10.2 Å². The van der Waals surface area contributed by atoms with Crippen molar-refractivity contribution in [2.24, 2.45) is 0 Å². The van der Waals surface area contributed by atoms with Crippen LogP contribution in [-0.2, 0) is 9.53 Å². The van der Waals surface area contributed by atoms with Gasteiger partial charge in [-0.3, -0.25) is 9.69 Å². The molecule has 1 N–H and O–H groups in total. The van der Waals surface area contributed by atoms with Crippen LogP contribution in [0, 0.1) is 0 Å². The Kier molecular flexibility index (Phi) is 2.51. The van der Waals surface area contributed by atoms with Gasteiger partial charge < -0.3 is 10.1 Å². The Hall–Kier alpha value is -0.610. The normalized spacial score (nSPS) is 30.1. The molecule has 0 bridgehead atoms. The van der Waals surface area contributed by atoms with Crippen molar-refractivity contribution in [3.05, 3.63) is 0 Å². The number of likely N-dealkylation sites (tertiary alicyclic amines) is 1. The van der Waals surface area contributed by atoms with Gasteiger partial charge in [0.1, 0.15) is 6.04 Å². The van der Waals surface area contributed by atoms with Crippen LogP contribution < -0.4 is 5.32 Å². The zero-order valence-electron chi connectivity index (χ0n) is 7.95. The molecule has 0 aromatic rings. The Bertz CT molecular complexity index is 204. The van der Waals surface area contributed by atoms with Gasteiger partial charge in [-0.05, 0) is 19.4 Å². The van der Waals surface area contributed by atoms with E-state index >= 15 is 0 Å². The summed E-state index contributed by atoms with van der Waals surface area (Å²) in [6.07, 6.45) is 2.08. The van der Waals surface area contributed by atoms with E-state index in [0.29, 0.717) is 6.04 Å². The number of nitrogens with one attached hydrogen (secondary N) is 1. The molecule has 2 fully saturated rings. The van der Waals surface area contributed by atoms with Gasteiger partial charge in [0.2, 0.25) is 0 Å². The third-order valence-corrected chi connectivity index (χ3v) is 3.00. The van der Waals surface area contributed by atoms with Crippen molar-refractivity contribution >= 4 is 5.97 Å². The van der Waals surface area contributed by atoms with E-state index in [1.807, 2.05) is 0 Å². The predicted octanol–water partition coefficient (Wildman–Crippen LogP) is -0.404. The van der Waals surface area contributed by atoms with Gasteiger partial charge in [-0.25, -0.2) is 0 Å². The van der Waals surface area contributed by atoms with E-state index in [9.17, 15) is 4.79 Å². The molecule has 0 aromatic carbocycles. The number of nitrogens with zero attached hydrogens (tertiary/aromatic N) is 1. The molecular weight excluding hydrogens is 168 g/mol. The SMILES string of the molecule is COC(=O)[C@@H]1CCCN1C1CNC1. The molecule has 4 heteroatoms. The second kappa shape index (κ2) is 3.64. The lowest BCUT2D eigenvalue weighted by Crippen LogP contribution is -2.59. The molecule has 0 radical (unpaired) electrons. The van der Waals surface area contributed by atoms with Gasteiger partial charge in [-0.15, -0.1) is 0 Å². The molecule has 1 atom stereocenters. The summed E-state index contributed by atoms with van der Waals surface area (Å²) < 4.78 is 4.78. The van der Waals surface area contributed by atoms with E-state index in [4.69, 9.17) is 4.74 Å². The zero-order valence-corrected chi connectivity index (χ0v) is 7.95. The standard InChI is InChI=1S/C9H16N2O2/c1-13-9(12)8-3-2-4-11(8)7-5-10-6-7/h7-8,10H,2-6H2,1H3/t8-/m0/s1. The van der Waals surface area contributed by atoms with Crippen molar-refractivity contribution in [2.45, 2.75) is 24.9 Å². The third kappa shape index (κ3) is 1.56. The smallest absolute Gasteiger partial charge is 0.323 e. The Morgan fingerprint density at radius 3 is 2.85 bits per heavy atom. The number of esters is 1. The first kappa shape index (κ1) is 8.97. The second-order valence-corrected chi connectivity index (χ2v) is 3.73. The van der Waals surface area contributed by atoms with Crippen LogP contribution in [0.5, 0.6) is 0 Å². The maximum Gasteiger partial charge on any atom is 0.323 e. The molecule has 2 aliphatic heterocycles. The molecule has 2 aliphatic rings. The summed E-state index contributed by atoms with van der Waals surface area (Å²) in [5, 5.41) is 3.22. The molecule has 2 heterocycles. The Morgan fingerprint density at radius 1 is 1.54 bits per heavy atom. The summed E-state index contributed by atoms with van der Waals surface area (Å²) in [4.78, 5) is 13.7. The first-order valence-electron chi connectivity index (χ1n) is 4.87. The zero-order chi connectivity index (χ0) is 9.26. The van der Waals surface area contributed by atoms with Crippen molar-refractivity contribution in [2.75, 3.05) is 26.7 Å². The van der Waals surface area contributed by atoms with E-state index in [-0.39, 0.29) is 12.0 Å². The molecular formula is C9H16N2O2. The fraction of sp³-hybridized carbons (Fsp3) is 0.889. The van der Waals surface area contributed by atoms with E-state index in [0.717, 1.165) is 32.5 Å². The lowest BCUT2D eigenvalue weighted by molar-refractivity contribution is -0.147. The molecule has 0 unspecified atom stereocenters. The highest BCUT2D eigenvalue weighted by molar-refractivity contribution is 5.76. The minimum absolute atomic E-state index is 0.0251. The number of methoxy groups -OCH3 is 1. The number of hydrogen-bond donors (Lipinski definition) is 1. The summed E-state index contributed by atoms with van der Waals surface area (Å²) in [6, 6.07) is 0.587. The number of rotatable bonds is 2. The Morgan fingerprint density at radius 2 is 2.31 bits per heavy atom. The third-order valence-electron chi connectivity index (χ3n) is 3.00. The van der Waals surface area contributed by atoms with Crippen LogP contribution in [0.1, 0.15) is 12.8 Å². The summed E-state index contributed by atoms with van der Waals surface area (Å²) in [7, 11) is 1.47. The predicted molar refractivity (Wildman–Crippen MR) is 48.4 cm³/mol. The lowest BCUT2D eigenvalue weighted by atomic mass is 10.1. The van der Waals surface area contributed by atoms with E-state index in [1.165, 1.54) is 7.11 Å². The van der Waals surface area contributed by atoms with Crippen LogP contribution in [0.25, 0.3) is 0 Å². The van der Waals surface area contributed by atoms with Crippen molar-refractivity contribution < 1.29 is 9.53 Å². The van der Waals surface area contributed by atoms with E-state index in [1.54, 1.807) is 0 Å². The van der Waals surface area contributed by atoms with Gasteiger partial charge in [0.15, 0.2) is 0 Å². The molecule has 13 heavy (non-hydrogen) atoms. The highest BCUT2D eigenvalue weighted by Gasteiger charge is 2.37. The highest BCUT2D eigenvalue weighted by atomic mass is 16.5. The summed E-state index contributed by atoms with van der Waals surface area (Å²) in [6.45, 7) is 3.09. The minimum atomic E-state index is -0.0654. The fourth-order valence-electron chi connectivity index (χ4n) is 2.12. The average Bonchev–Trinajstić information content (AvgIpc) is 2.49. The first-order valence-corrected chi connectivity index (χ1v) is 4.87. The summed E-state index contributed by atoms with van der Waals surface area (Å²) in [5.41, 5.74) is 0. The van der Waals surface area contributed by atoms with Gasteiger partial charge >= 0.3 is 5.97 Å². The van der Waals surface area contributed by atoms with E-state index < -0.39 is 0 Å². The highest BCUT2D eigenvalue weighted by Crippen LogP contribution is 2.22. The average molecular weight is 184 g/mol. The molecule has 0 aliphatic carbocycles. The van der Waals surface area contributed by atoms with Crippen LogP contribution >= 0.6 is 0 Å². The quantitative estimate of drug-likeness (QED) is 0.593. The topological polar surface area (TPSA) is 41.6 Å². The molecule has 74 valence electrons. The molecule has 2 saturated heterocycles. The number of ether oxygens (including phenoxy) is 1. The molecule has 2 rings (SSSR count). The largest absolute Gasteiger partial charge is 0.468 e. The summed E-state index contributed by atoms with van der Waals surface area (Å²) in [5.74, 6) is -0.0654. The van der Waals surface area contributed by atoms with Crippen molar-refractivity contribution in [3.8, 4) is 0 Å². The first-order chi connectivity index (χ1) is 6.33.